The lowest BCUT2D eigenvalue weighted by molar-refractivity contribution is 0.531. The molecular formula is C15H17FN2. The van der Waals surface area contributed by atoms with E-state index in [1.54, 1.807) is 12.3 Å². The molecule has 0 aliphatic rings. The molecular weight excluding hydrogens is 227 g/mol. The van der Waals surface area contributed by atoms with E-state index in [1.807, 2.05) is 37.5 Å². The maximum atomic E-state index is 13.6. The van der Waals surface area contributed by atoms with Crippen LogP contribution >= 0.6 is 0 Å². The number of hydrogen-bond acceptors (Lipinski definition) is 2. The van der Waals surface area contributed by atoms with Gasteiger partial charge >= 0.3 is 0 Å². The summed E-state index contributed by atoms with van der Waals surface area (Å²) in [5, 5.41) is 3.23. The summed E-state index contributed by atoms with van der Waals surface area (Å²) in [4.78, 5) is 4.09. The number of likely N-dealkylation sites (N-methyl/N-ethyl adjacent to an activating group) is 1. The van der Waals surface area contributed by atoms with Gasteiger partial charge in [0.15, 0.2) is 0 Å². The van der Waals surface area contributed by atoms with Gasteiger partial charge in [-0.25, -0.2) is 4.39 Å². The van der Waals surface area contributed by atoms with Gasteiger partial charge in [-0.05, 0) is 43.1 Å². The molecule has 0 bridgehead atoms. The number of benzene rings is 1. The lowest BCUT2D eigenvalue weighted by Gasteiger charge is -2.16. The van der Waals surface area contributed by atoms with Crippen LogP contribution in [0.1, 0.15) is 11.1 Å². The molecule has 3 heteroatoms. The molecule has 2 rings (SSSR count). The lowest BCUT2D eigenvalue weighted by atomic mass is 10.00. The Bertz CT molecular complexity index is 485. The van der Waals surface area contributed by atoms with Crippen molar-refractivity contribution in [2.75, 3.05) is 7.05 Å². The van der Waals surface area contributed by atoms with Crippen LogP contribution in [-0.2, 0) is 12.8 Å². The molecule has 0 saturated heterocycles. The van der Waals surface area contributed by atoms with Crippen LogP contribution in [-0.4, -0.2) is 18.1 Å². The predicted molar refractivity (Wildman–Crippen MR) is 70.9 cm³/mol. The zero-order valence-corrected chi connectivity index (χ0v) is 10.4. The Labute approximate surface area is 107 Å². The molecule has 0 radical (unpaired) electrons. The molecule has 94 valence electrons. The highest BCUT2D eigenvalue weighted by atomic mass is 19.1. The van der Waals surface area contributed by atoms with Crippen LogP contribution in [0.25, 0.3) is 0 Å². The Balaban J connectivity index is 2.04. The molecule has 0 aliphatic heterocycles. The van der Waals surface area contributed by atoms with Crippen molar-refractivity contribution in [3.63, 3.8) is 0 Å². The van der Waals surface area contributed by atoms with Gasteiger partial charge in [0, 0.05) is 18.4 Å². The van der Waals surface area contributed by atoms with Crippen molar-refractivity contribution in [2.24, 2.45) is 0 Å². The van der Waals surface area contributed by atoms with E-state index in [2.05, 4.69) is 10.3 Å². The van der Waals surface area contributed by atoms with Gasteiger partial charge in [-0.3, -0.25) is 4.98 Å². The first kappa shape index (κ1) is 12.7. The van der Waals surface area contributed by atoms with Crippen molar-refractivity contribution in [3.05, 3.63) is 65.7 Å². The van der Waals surface area contributed by atoms with Crippen LogP contribution in [0.5, 0.6) is 0 Å². The highest BCUT2D eigenvalue weighted by Gasteiger charge is 2.11. The Hall–Kier alpha value is -1.74. The highest BCUT2D eigenvalue weighted by molar-refractivity contribution is 5.19. The van der Waals surface area contributed by atoms with Gasteiger partial charge in [0.05, 0.1) is 0 Å². The molecule has 1 atom stereocenters. The van der Waals surface area contributed by atoms with Gasteiger partial charge in [0.1, 0.15) is 5.82 Å². The third-order valence-corrected chi connectivity index (χ3v) is 3.04. The maximum absolute atomic E-state index is 13.6. The minimum absolute atomic E-state index is 0.135. The van der Waals surface area contributed by atoms with Crippen LogP contribution in [0.15, 0.2) is 48.8 Å². The minimum atomic E-state index is -0.135. The first-order valence-corrected chi connectivity index (χ1v) is 6.09. The van der Waals surface area contributed by atoms with E-state index in [4.69, 9.17) is 0 Å². The van der Waals surface area contributed by atoms with E-state index < -0.39 is 0 Å². The van der Waals surface area contributed by atoms with Crippen molar-refractivity contribution in [1.29, 1.82) is 0 Å². The molecule has 1 N–H and O–H groups in total. The zero-order chi connectivity index (χ0) is 12.8. The average Bonchev–Trinajstić information content (AvgIpc) is 2.41. The summed E-state index contributed by atoms with van der Waals surface area (Å²) in [6.07, 6.45) is 5.14. The minimum Gasteiger partial charge on any atom is -0.316 e. The number of pyridine rings is 1. The van der Waals surface area contributed by atoms with Crippen LogP contribution < -0.4 is 5.32 Å². The Kier molecular flexibility index (Phi) is 4.42. The van der Waals surface area contributed by atoms with E-state index in [9.17, 15) is 4.39 Å². The number of hydrogen-bond donors (Lipinski definition) is 1. The first-order chi connectivity index (χ1) is 8.79. The van der Waals surface area contributed by atoms with Crippen LogP contribution in [0.2, 0.25) is 0 Å². The van der Waals surface area contributed by atoms with E-state index >= 15 is 0 Å². The zero-order valence-electron chi connectivity index (χ0n) is 10.4. The summed E-state index contributed by atoms with van der Waals surface area (Å²) in [5.41, 5.74) is 1.91. The van der Waals surface area contributed by atoms with E-state index in [1.165, 1.54) is 6.07 Å². The molecule has 1 aromatic heterocycles. The first-order valence-electron chi connectivity index (χ1n) is 6.09. The van der Waals surface area contributed by atoms with Crippen LogP contribution in [0, 0.1) is 5.82 Å². The fraction of sp³-hybridized carbons (Fsp3) is 0.267. The van der Waals surface area contributed by atoms with Crippen LogP contribution in [0.3, 0.4) is 0 Å². The van der Waals surface area contributed by atoms with E-state index in [0.717, 1.165) is 17.5 Å². The van der Waals surface area contributed by atoms with Gasteiger partial charge in [-0.15, -0.1) is 0 Å². The van der Waals surface area contributed by atoms with Gasteiger partial charge in [0.2, 0.25) is 0 Å². The topological polar surface area (TPSA) is 24.9 Å². The molecule has 0 aliphatic carbocycles. The van der Waals surface area contributed by atoms with Gasteiger partial charge < -0.3 is 5.32 Å². The van der Waals surface area contributed by atoms with Crippen molar-refractivity contribution >= 4 is 0 Å². The molecule has 0 saturated carbocycles. The second-order valence-corrected chi connectivity index (χ2v) is 4.35. The number of aromatic nitrogens is 1. The second kappa shape index (κ2) is 6.26. The molecule has 2 nitrogen and oxygen atoms in total. The molecule has 0 spiro atoms. The molecule has 2 aromatic rings. The van der Waals surface area contributed by atoms with Gasteiger partial charge in [-0.1, -0.05) is 24.3 Å². The fourth-order valence-electron chi connectivity index (χ4n) is 2.01. The molecule has 18 heavy (non-hydrogen) atoms. The van der Waals surface area contributed by atoms with Crippen molar-refractivity contribution in [2.45, 2.75) is 18.9 Å². The number of halogens is 1. The SMILES string of the molecule is CNC(Cc1cccnc1)Cc1ccccc1F. The average molecular weight is 244 g/mol. The van der Waals surface area contributed by atoms with E-state index in [0.29, 0.717) is 6.42 Å². The van der Waals surface area contributed by atoms with Crippen LogP contribution in [0.4, 0.5) is 4.39 Å². The normalized spacial score (nSPS) is 12.3. The summed E-state index contributed by atoms with van der Waals surface area (Å²) in [5.74, 6) is -0.135. The largest absolute Gasteiger partial charge is 0.316 e. The number of rotatable bonds is 5. The summed E-state index contributed by atoms with van der Waals surface area (Å²) < 4.78 is 13.6. The summed E-state index contributed by atoms with van der Waals surface area (Å²) >= 11 is 0. The summed E-state index contributed by atoms with van der Waals surface area (Å²) in [6.45, 7) is 0. The smallest absolute Gasteiger partial charge is 0.126 e. The van der Waals surface area contributed by atoms with Crippen molar-refractivity contribution < 1.29 is 4.39 Å². The standard InChI is InChI=1S/C15H17FN2/c1-17-14(9-12-5-4-8-18-11-12)10-13-6-2-3-7-15(13)16/h2-8,11,14,17H,9-10H2,1H3. The van der Waals surface area contributed by atoms with Crippen molar-refractivity contribution in [1.82, 2.24) is 10.3 Å². The van der Waals surface area contributed by atoms with E-state index in [-0.39, 0.29) is 11.9 Å². The van der Waals surface area contributed by atoms with Gasteiger partial charge in [0.25, 0.3) is 0 Å². The van der Waals surface area contributed by atoms with Gasteiger partial charge in [-0.2, -0.15) is 0 Å². The summed E-state index contributed by atoms with van der Waals surface area (Å²) in [7, 11) is 1.90. The second-order valence-electron chi connectivity index (χ2n) is 4.35. The Morgan fingerprint density at radius 3 is 2.67 bits per heavy atom. The third kappa shape index (κ3) is 3.37. The Morgan fingerprint density at radius 2 is 2.00 bits per heavy atom. The lowest BCUT2D eigenvalue weighted by Crippen LogP contribution is -2.30. The predicted octanol–water partition coefficient (Wildman–Crippen LogP) is 2.59. The quantitative estimate of drug-likeness (QED) is 0.874. The third-order valence-electron chi connectivity index (χ3n) is 3.04. The highest BCUT2D eigenvalue weighted by Crippen LogP contribution is 2.11. The summed E-state index contributed by atoms with van der Waals surface area (Å²) in [6, 6.07) is 11.1. The Morgan fingerprint density at radius 1 is 1.17 bits per heavy atom. The molecule has 1 aromatic carbocycles. The maximum Gasteiger partial charge on any atom is 0.126 e. The number of nitrogens with zero attached hydrogens (tertiary/aromatic N) is 1. The molecule has 0 amide bonds. The number of nitrogens with one attached hydrogen (secondary N) is 1. The molecule has 1 heterocycles. The monoisotopic (exact) mass is 244 g/mol. The van der Waals surface area contributed by atoms with Crippen molar-refractivity contribution in [3.8, 4) is 0 Å². The molecule has 1 unspecified atom stereocenters. The molecule has 0 fully saturated rings. The fourth-order valence-corrected chi connectivity index (χ4v) is 2.01.